The van der Waals surface area contributed by atoms with E-state index in [-0.39, 0.29) is 23.2 Å². The molecule has 0 radical (unpaired) electrons. The minimum absolute atomic E-state index is 0.0529. The fraction of sp³-hybridized carbons (Fsp3) is 0.438. The molecule has 8 unspecified atom stereocenters. The Labute approximate surface area is 232 Å². The van der Waals surface area contributed by atoms with Crippen LogP contribution >= 0.6 is 0 Å². The van der Waals surface area contributed by atoms with Gasteiger partial charge in [0.25, 0.3) is 0 Å². The summed E-state index contributed by atoms with van der Waals surface area (Å²) in [4.78, 5) is 56.5. The molecule has 4 aliphatic carbocycles. The molecular weight excluding hydrogens is 508 g/mol. The SMILES string of the molecule is C=CCCC12C=CC(C1)C1C(=O)N(c3cc(O)c(N4C(=O)C5C6C=CC(CCC=C)(C6)C5C4=O)cc3O)C(=O)C12. The van der Waals surface area contributed by atoms with E-state index in [1.807, 2.05) is 24.3 Å². The van der Waals surface area contributed by atoms with Crippen LogP contribution in [0.15, 0.2) is 61.7 Å². The molecule has 1 aromatic carbocycles. The van der Waals surface area contributed by atoms with Gasteiger partial charge in [0.2, 0.25) is 23.6 Å². The summed E-state index contributed by atoms with van der Waals surface area (Å²) < 4.78 is 0. The van der Waals surface area contributed by atoms with Crippen LogP contribution in [-0.4, -0.2) is 33.8 Å². The van der Waals surface area contributed by atoms with Crippen LogP contribution in [0.25, 0.3) is 0 Å². The molecule has 2 aliphatic heterocycles. The number of carbonyl (C=O) groups excluding carboxylic acids is 4. The van der Waals surface area contributed by atoms with Crippen LogP contribution in [-0.2, 0) is 19.2 Å². The van der Waals surface area contributed by atoms with Crippen LogP contribution in [0.4, 0.5) is 11.4 Å². The highest BCUT2D eigenvalue weighted by atomic mass is 16.3. The smallest absolute Gasteiger partial charge is 0.238 e. The second-order valence-corrected chi connectivity index (χ2v) is 12.4. The van der Waals surface area contributed by atoms with Crippen LogP contribution in [0, 0.1) is 46.3 Å². The fourth-order valence-electron chi connectivity index (χ4n) is 9.00. The number of imide groups is 2. The number of aromatic hydroxyl groups is 2. The zero-order valence-corrected chi connectivity index (χ0v) is 22.2. The molecule has 2 saturated heterocycles. The van der Waals surface area contributed by atoms with E-state index in [0.717, 1.165) is 34.8 Å². The van der Waals surface area contributed by atoms with Gasteiger partial charge in [0, 0.05) is 23.0 Å². The summed E-state index contributed by atoms with van der Waals surface area (Å²) in [6, 6.07) is 2.25. The third-order valence-electron chi connectivity index (χ3n) is 10.6. The molecule has 2 heterocycles. The Kier molecular flexibility index (Phi) is 5.19. The number of hydrogen-bond donors (Lipinski definition) is 2. The summed E-state index contributed by atoms with van der Waals surface area (Å²) in [5, 5.41) is 22.2. The molecule has 0 aromatic heterocycles. The van der Waals surface area contributed by atoms with Gasteiger partial charge in [-0.2, -0.15) is 0 Å². The molecule has 2 N–H and O–H groups in total. The van der Waals surface area contributed by atoms with E-state index in [2.05, 4.69) is 25.3 Å². The van der Waals surface area contributed by atoms with E-state index in [9.17, 15) is 29.4 Å². The third kappa shape index (κ3) is 2.96. The fourth-order valence-corrected chi connectivity index (χ4v) is 9.00. The monoisotopic (exact) mass is 540 g/mol. The molecule has 8 nitrogen and oxygen atoms in total. The first-order valence-corrected chi connectivity index (χ1v) is 14.1. The summed E-state index contributed by atoms with van der Waals surface area (Å²) in [7, 11) is 0. The van der Waals surface area contributed by atoms with Crippen molar-refractivity contribution in [2.45, 2.75) is 38.5 Å². The maximum Gasteiger partial charge on any atom is 0.238 e. The molecule has 0 spiro atoms. The third-order valence-corrected chi connectivity index (χ3v) is 10.6. The Morgan fingerprint density at radius 2 is 1.12 bits per heavy atom. The van der Waals surface area contributed by atoms with Gasteiger partial charge < -0.3 is 10.2 Å². The van der Waals surface area contributed by atoms with Crippen molar-refractivity contribution in [3.05, 3.63) is 61.7 Å². The first-order valence-electron chi connectivity index (χ1n) is 14.1. The number of anilines is 2. The number of benzene rings is 1. The average Bonchev–Trinajstić information content (AvgIpc) is 3.76. The van der Waals surface area contributed by atoms with E-state index in [4.69, 9.17) is 0 Å². The molecule has 8 atom stereocenters. The van der Waals surface area contributed by atoms with E-state index < -0.39 is 69.6 Å². The number of fused-ring (bicyclic) bond motifs is 10. The summed E-state index contributed by atoms with van der Waals surface area (Å²) in [5.74, 6) is -4.70. The highest BCUT2D eigenvalue weighted by Gasteiger charge is 2.67. The molecule has 7 rings (SSSR count). The lowest BCUT2D eigenvalue weighted by molar-refractivity contribution is -0.125. The highest BCUT2D eigenvalue weighted by molar-refractivity contribution is 6.26. The minimum atomic E-state index is -0.535. The lowest BCUT2D eigenvalue weighted by Crippen LogP contribution is -2.36. The van der Waals surface area contributed by atoms with Crippen molar-refractivity contribution in [3.8, 4) is 11.5 Å². The highest BCUT2D eigenvalue weighted by Crippen LogP contribution is 2.64. The molecule has 2 saturated carbocycles. The second-order valence-electron chi connectivity index (χ2n) is 12.4. The van der Waals surface area contributed by atoms with Crippen molar-refractivity contribution in [2.24, 2.45) is 46.3 Å². The predicted octanol–water partition coefficient (Wildman–Crippen LogP) is 4.39. The van der Waals surface area contributed by atoms with Crippen molar-refractivity contribution < 1.29 is 29.4 Å². The van der Waals surface area contributed by atoms with E-state index in [1.165, 1.54) is 0 Å². The number of carbonyl (C=O) groups is 4. The van der Waals surface area contributed by atoms with E-state index in [0.29, 0.717) is 25.7 Å². The van der Waals surface area contributed by atoms with Gasteiger partial charge in [-0.05, 0) is 50.4 Å². The van der Waals surface area contributed by atoms with Crippen molar-refractivity contribution in [2.75, 3.05) is 9.80 Å². The standard InChI is InChI=1S/C32H32N2O6/c1-3-5-9-31-11-7-17(15-31)23-25(31)29(39)33(27(23)37)19-13-22(36)20(14-21(19)35)34-28(38)24-18-8-12-32(16-18,10-6-4-2)26(24)30(34)40/h3-4,7-8,11-14,17-18,23-26,35-36H,1-2,5-6,9-10,15-16H2. The summed E-state index contributed by atoms with van der Waals surface area (Å²) in [5.41, 5.74) is -1.12. The maximum atomic E-state index is 13.7. The number of phenolic OH excluding ortho intramolecular Hbond substituents is 2. The van der Waals surface area contributed by atoms with Crippen LogP contribution in [0.3, 0.4) is 0 Å². The van der Waals surface area contributed by atoms with Gasteiger partial charge in [-0.15, -0.1) is 13.2 Å². The van der Waals surface area contributed by atoms with Crippen molar-refractivity contribution >= 4 is 35.0 Å². The van der Waals surface area contributed by atoms with Gasteiger partial charge in [-0.25, -0.2) is 9.80 Å². The Morgan fingerprint density at radius 1 is 0.725 bits per heavy atom. The maximum absolute atomic E-state index is 13.7. The van der Waals surface area contributed by atoms with Gasteiger partial charge in [-0.3, -0.25) is 19.2 Å². The molecule has 40 heavy (non-hydrogen) atoms. The Balaban J connectivity index is 1.21. The molecular formula is C32H32N2O6. The van der Waals surface area contributed by atoms with Crippen molar-refractivity contribution in [1.29, 1.82) is 0 Å². The Morgan fingerprint density at radius 3 is 1.50 bits per heavy atom. The number of hydrogen-bond acceptors (Lipinski definition) is 6. The first kappa shape index (κ1) is 25.1. The average molecular weight is 541 g/mol. The molecule has 1 aromatic rings. The molecule has 8 heteroatoms. The number of rotatable bonds is 8. The number of nitrogens with zero attached hydrogens (tertiary/aromatic N) is 2. The summed E-state index contributed by atoms with van der Waals surface area (Å²) >= 11 is 0. The molecule has 206 valence electrons. The Hall–Kier alpha value is -3.94. The van der Waals surface area contributed by atoms with E-state index in [1.54, 1.807) is 0 Å². The number of amides is 4. The molecule has 4 fully saturated rings. The first-order chi connectivity index (χ1) is 19.2. The van der Waals surface area contributed by atoms with Crippen LogP contribution in [0.2, 0.25) is 0 Å². The molecule has 4 amide bonds. The number of phenols is 2. The summed E-state index contributed by atoms with van der Waals surface area (Å²) in [6.07, 6.45) is 16.1. The van der Waals surface area contributed by atoms with Crippen molar-refractivity contribution in [1.82, 2.24) is 0 Å². The Bertz CT molecular complexity index is 1370. The summed E-state index contributed by atoms with van der Waals surface area (Å²) in [6.45, 7) is 7.59. The molecule has 4 bridgehead atoms. The van der Waals surface area contributed by atoms with Crippen molar-refractivity contribution in [3.63, 3.8) is 0 Å². The lowest BCUT2D eigenvalue weighted by Gasteiger charge is -2.30. The number of allylic oxidation sites excluding steroid dienone is 6. The zero-order chi connectivity index (χ0) is 28.1. The minimum Gasteiger partial charge on any atom is -0.506 e. The predicted molar refractivity (Wildman–Crippen MR) is 147 cm³/mol. The van der Waals surface area contributed by atoms with Crippen LogP contribution < -0.4 is 9.80 Å². The van der Waals surface area contributed by atoms with Gasteiger partial charge in [-0.1, -0.05) is 36.5 Å². The van der Waals surface area contributed by atoms with Gasteiger partial charge in [0.1, 0.15) is 11.5 Å². The quantitative estimate of drug-likeness (QED) is 0.287. The van der Waals surface area contributed by atoms with Gasteiger partial charge >= 0.3 is 0 Å². The van der Waals surface area contributed by atoms with Crippen LogP contribution in [0.1, 0.15) is 38.5 Å². The second kappa shape index (κ2) is 8.29. The topological polar surface area (TPSA) is 115 Å². The zero-order valence-electron chi connectivity index (χ0n) is 22.2. The van der Waals surface area contributed by atoms with Gasteiger partial charge in [0.05, 0.1) is 35.0 Å². The largest absolute Gasteiger partial charge is 0.506 e. The normalized spacial score (nSPS) is 38.2. The van der Waals surface area contributed by atoms with Crippen LogP contribution in [0.5, 0.6) is 11.5 Å². The van der Waals surface area contributed by atoms with Gasteiger partial charge in [0.15, 0.2) is 0 Å². The van der Waals surface area contributed by atoms with E-state index >= 15 is 0 Å². The molecule has 6 aliphatic rings. The lowest BCUT2D eigenvalue weighted by atomic mass is 9.72.